The number of halogens is 2. The standard InChI is InChI=1S/C20H23Cl2N3O4S/c1-4-12(2)23-19(26)13(3)24-20(27)14-5-8-16(9-6-14)25-30(28,29)18-11-15(21)7-10-17(18)22/h5-13,25H,4H2,1-3H3,(H,23,26)(H,24,27). The quantitative estimate of drug-likeness (QED) is 0.543. The molecule has 2 rings (SSSR count). The molecule has 0 radical (unpaired) electrons. The summed E-state index contributed by atoms with van der Waals surface area (Å²) in [7, 11) is -3.96. The molecule has 0 aromatic heterocycles. The van der Waals surface area contributed by atoms with Gasteiger partial charge in [-0.25, -0.2) is 8.42 Å². The first kappa shape index (κ1) is 24.0. The Bertz CT molecular complexity index is 1030. The third-order valence-electron chi connectivity index (χ3n) is 4.32. The van der Waals surface area contributed by atoms with Gasteiger partial charge in [0.1, 0.15) is 10.9 Å². The highest BCUT2D eigenvalue weighted by Gasteiger charge is 2.20. The third-order valence-corrected chi connectivity index (χ3v) is 6.42. The maximum atomic E-state index is 12.5. The number of sulfonamides is 1. The second kappa shape index (κ2) is 10.1. The van der Waals surface area contributed by atoms with Crippen molar-refractivity contribution in [2.45, 2.75) is 44.2 Å². The van der Waals surface area contributed by atoms with Gasteiger partial charge in [0.25, 0.3) is 15.9 Å². The number of carbonyl (C=O) groups is 2. The minimum atomic E-state index is -3.96. The molecule has 10 heteroatoms. The van der Waals surface area contributed by atoms with Crippen molar-refractivity contribution >= 4 is 50.7 Å². The zero-order valence-corrected chi connectivity index (χ0v) is 19.0. The molecule has 0 aliphatic rings. The Morgan fingerprint density at radius 1 is 1.00 bits per heavy atom. The summed E-state index contributed by atoms with van der Waals surface area (Å²) in [4.78, 5) is 24.3. The van der Waals surface area contributed by atoms with Gasteiger partial charge in [-0.1, -0.05) is 30.1 Å². The number of hydrogen-bond acceptors (Lipinski definition) is 4. The van der Waals surface area contributed by atoms with Gasteiger partial charge in [0.2, 0.25) is 5.91 Å². The Hall–Kier alpha value is -2.29. The third kappa shape index (κ3) is 6.35. The van der Waals surface area contributed by atoms with Crippen molar-refractivity contribution in [3.63, 3.8) is 0 Å². The summed E-state index contributed by atoms with van der Waals surface area (Å²) in [6.07, 6.45) is 0.782. The minimum Gasteiger partial charge on any atom is -0.352 e. The van der Waals surface area contributed by atoms with Crippen molar-refractivity contribution in [3.8, 4) is 0 Å². The molecule has 162 valence electrons. The van der Waals surface area contributed by atoms with Gasteiger partial charge in [0.05, 0.1) is 5.02 Å². The van der Waals surface area contributed by atoms with Crippen LogP contribution in [0.3, 0.4) is 0 Å². The molecule has 2 amide bonds. The second-order valence-corrected chi connectivity index (χ2v) is 9.27. The molecule has 2 atom stereocenters. The molecule has 7 nitrogen and oxygen atoms in total. The molecule has 2 aromatic rings. The summed E-state index contributed by atoms with van der Waals surface area (Å²) in [6, 6.07) is 9.21. The smallest absolute Gasteiger partial charge is 0.263 e. The van der Waals surface area contributed by atoms with Crippen LogP contribution in [0.15, 0.2) is 47.4 Å². The summed E-state index contributed by atoms with van der Waals surface area (Å²) in [6.45, 7) is 5.42. The Morgan fingerprint density at radius 2 is 1.63 bits per heavy atom. The van der Waals surface area contributed by atoms with Crippen LogP contribution in [0.5, 0.6) is 0 Å². The molecule has 0 saturated carbocycles. The van der Waals surface area contributed by atoms with Gasteiger partial charge in [-0.15, -0.1) is 0 Å². The molecule has 0 aliphatic heterocycles. The highest BCUT2D eigenvalue weighted by molar-refractivity contribution is 7.92. The summed E-state index contributed by atoms with van der Waals surface area (Å²) in [5.74, 6) is -0.727. The normalized spacial score (nSPS) is 13.2. The van der Waals surface area contributed by atoms with Crippen molar-refractivity contribution in [1.29, 1.82) is 0 Å². The van der Waals surface area contributed by atoms with Crippen molar-refractivity contribution in [2.24, 2.45) is 0 Å². The lowest BCUT2D eigenvalue weighted by Crippen LogP contribution is -2.47. The lowest BCUT2D eigenvalue weighted by atomic mass is 10.1. The molecule has 0 fully saturated rings. The van der Waals surface area contributed by atoms with Gasteiger partial charge in [-0.3, -0.25) is 14.3 Å². The number of anilines is 1. The SMILES string of the molecule is CCC(C)NC(=O)C(C)NC(=O)c1ccc(NS(=O)(=O)c2cc(Cl)ccc2Cl)cc1. The van der Waals surface area contributed by atoms with Crippen molar-refractivity contribution in [2.75, 3.05) is 4.72 Å². The van der Waals surface area contributed by atoms with E-state index in [1.54, 1.807) is 6.92 Å². The van der Waals surface area contributed by atoms with E-state index in [0.29, 0.717) is 0 Å². The van der Waals surface area contributed by atoms with E-state index in [1.165, 1.54) is 42.5 Å². The van der Waals surface area contributed by atoms with E-state index >= 15 is 0 Å². The number of carbonyl (C=O) groups excluding carboxylic acids is 2. The molecule has 0 bridgehead atoms. The molecular formula is C20H23Cl2N3O4S. The molecule has 0 spiro atoms. The van der Waals surface area contributed by atoms with Crippen LogP contribution in [0.1, 0.15) is 37.6 Å². The average molecular weight is 472 g/mol. The molecule has 0 saturated heterocycles. The van der Waals surface area contributed by atoms with Crippen LogP contribution in [0.4, 0.5) is 5.69 Å². The minimum absolute atomic E-state index is 0.0113. The highest BCUT2D eigenvalue weighted by Crippen LogP contribution is 2.26. The molecule has 30 heavy (non-hydrogen) atoms. The van der Waals surface area contributed by atoms with Gasteiger partial charge in [-0.05, 0) is 62.7 Å². The van der Waals surface area contributed by atoms with Gasteiger partial charge in [-0.2, -0.15) is 0 Å². The summed E-state index contributed by atoms with van der Waals surface area (Å²) >= 11 is 11.8. The molecular weight excluding hydrogens is 449 g/mol. The van der Waals surface area contributed by atoms with Gasteiger partial charge < -0.3 is 10.6 Å². The zero-order valence-electron chi connectivity index (χ0n) is 16.7. The first-order valence-corrected chi connectivity index (χ1v) is 11.5. The summed E-state index contributed by atoms with van der Waals surface area (Å²) in [5, 5.41) is 5.67. The maximum Gasteiger partial charge on any atom is 0.263 e. The fraction of sp³-hybridized carbons (Fsp3) is 0.300. The van der Waals surface area contributed by atoms with Gasteiger partial charge in [0.15, 0.2) is 0 Å². The van der Waals surface area contributed by atoms with Crippen molar-refractivity contribution < 1.29 is 18.0 Å². The highest BCUT2D eigenvalue weighted by atomic mass is 35.5. The summed E-state index contributed by atoms with van der Waals surface area (Å²) < 4.78 is 27.5. The lowest BCUT2D eigenvalue weighted by molar-refractivity contribution is -0.123. The largest absolute Gasteiger partial charge is 0.352 e. The van der Waals surface area contributed by atoms with Crippen molar-refractivity contribution in [1.82, 2.24) is 10.6 Å². The first-order chi connectivity index (χ1) is 14.0. The maximum absolute atomic E-state index is 12.5. The Morgan fingerprint density at radius 3 is 2.23 bits per heavy atom. The molecule has 3 N–H and O–H groups in total. The van der Waals surface area contributed by atoms with Gasteiger partial charge >= 0.3 is 0 Å². The first-order valence-electron chi connectivity index (χ1n) is 9.22. The number of hydrogen-bond donors (Lipinski definition) is 3. The number of rotatable bonds is 8. The topological polar surface area (TPSA) is 104 Å². The van der Waals surface area contributed by atoms with Gasteiger partial charge in [0, 0.05) is 22.3 Å². The zero-order chi connectivity index (χ0) is 22.5. The van der Waals surface area contributed by atoms with E-state index in [4.69, 9.17) is 23.2 Å². The number of nitrogens with one attached hydrogen (secondary N) is 3. The van der Waals surface area contributed by atoms with Crippen LogP contribution < -0.4 is 15.4 Å². The van der Waals surface area contributed by atoms with E-state index in [2.05, 4.69) is 15.4 Å². The van der Waals surface area contributed by atoms with Crippen LogP contribution in [0, 0.1) is 0 Å². The van der Waals surface area contributed by atoms with Crippen LogP contribution in [0.25, 0.3) is 0 Å². The molecule has 2 aromatic carbocycles. The van der Waals surface area contributed by atoms with Crippen molar-refractivity contribution in [3.05, 3.63) is 58.1 Å². The predicted octanol–water partition coefficient (Wildman–Crippen LogP) is 3.83. The van der Waals surface area contributed by atoms with Crippen LogP contribution in [-0.4, -0.2) is 32.3 Å². The Labute approximate surface area is 186 Å². The number of benzene rings is 2. The fourth-order valence-electron chi connectivity index (χ4n) is 2.40. The Balaban J connectivity index is 2.06. The van der Waals surface area contributed by atoms with Crippen LogP contribution in [0.2, 0.25) is 10.0 Å². The average Bonchev–Trinajstić information content (AvgIpc) is 2.69. The molecule has 0 aliphatic carbocycles. The molecule has 0 heterocycles. The number of amides is 2. The fourth-order valence-corrected chi connectivity index (χ4v) is 4.22. The summed E-state index contributed by atoms with van der Waals surface area (Å²) in [5.41, 5.74) is 0.520. The van der Waals surface area contributed by atoms with E-state index < -0.39 is 22.0 Å². The molecule has 2 unspecified atom stereocenters. The van der Waals surface area contributed by atoms with E-state index in [-0.39, 0.29) is 38.1 Å². The monoisotopic (exact) mass is 471 g/mol. The van der Waals surface area contributed by atoms with E-state index in [0.717, 1.165) is 6.42 Å². The lowest BCUT2D eigenvalue weighted by Gasteiger charge is -2.17. The van der Waals surface area contributed by atoms with Crippen LogP contribution >= 0.6 is 23.2 Å². The van der Waals surface area contributed by atoms with E-state index in [1.807, 2.05) is 13.8 Å². The van der Waals surface area contributed by atoms with Crippen LogP contribution in [-0.2, 0) is 14.8 Å². The predicted molar refractivity (Wildman–Crippen MR) is 119 cm³/mol. The van der Waals surface area contributed by atoms with E-state index in [9.17, 15) is 18.0 Å². The second-order valence-electron chi connectivity index (χ2n) is 6.77. The Kier molecular flexibility index (Phi) is 8.11.